The molecule has 4 aromatic rings. The second kappa shape index (κ2) is 7.93. The summed E-state index contributed by atoms with van der Waals surface area (Å²) in [5.41, 5.74) is 4.83. The smallest absolute Gasteiger partial charge is 0.257 e. The molecule has 2 heterocycles. The summed E-state index contributed by atoms with van der Waals surface area (Å²) < 4.78 is 1.96. The van der Waals surface area contributed by atoms with Crippen molar-refractivity contribution in [3.8, 4) is 0 Å². The SMILES string of the molecule is Cc1cc(C)n2cc(CNc3ccccc3C(=O)Nc3ccc(Cl)cc3)nc2n1. The highest BCUT2D eigenvalue weighted by atomic mass is 35.5. The Labute approximate surface area is 173 Å². The van der Waals surface area contributed by atoms with Crippen LogP contribution in [0.1, 0.15) is 27.4 Å². The number of carbonyl (C=O) groups is 1. The third kappa shape index (κ3) is 4.22. The zero-order chi connectivity index (χ0) is 20.4. The minimum absolute atomic E-state index is 0.196. The van der Waals surface area contributed by atoms with Crippen molar-refractivity contribution in [1.29, 1.82) is 0 Å². The monoisotopic (exact) mass is 405 g/mol. The Morgan fingerprint density at radius 1 is 1.07 bits per heavy atom. The van der Waals surface area contributed by atoms with Gasteiger partial charge in [0, 0.05) is 34.0 Å². The van der Waals surface area contributed by atoms with Gasteiger partial charge in [0.15, 0.2) is 0 Å². The molecular formula is C22H20ClN5O. The molecule has 4 rings (SSSR count). The minimum atomic E-state index is -0.196. The number of amides is 1. The molecule has 6 nitrogen and oxygen atoms in total. The molecule has 2 N–H and O–H groups in total. The maximum Gasteiger partial charge on any atom is 0.257 e. The molecule has 0 bridgehead atoms. The lowest BCUT2D eigenvalue weighted by molar-refractivity contribution is 0.102. The van der Waals surface area contributed by atoms with Gasteiger partial charge in [-0.15, -0.1) is 0 Å². The van der Waals surface area contributed by atoms with E-state index in [1.165, 1.54) is 0 Å². The molecule has 0 aliphatic rings. The number of imidazole rings is 1. The number of anilines is 2. The Kier molecular flexibility index (Phi) is 5.18. The number of benzene rings is 2. The van der Waals surface area contributed by atoms with Crippen LogP contribution >= 0.6 is 11.6 Å². The number of carbonyl (C=O) groups excluding carboxylic acids is 1. The summed E-state index contributed by atoms with van der Waals surface area (Å²) in [5, 5.41) is 6.83. The lowest BCUT2D eigenvalue weighted by Gasteiger charge is -2.11. The predicted octanol–water partition coefficient (Wildman–Crippen LogP) is 4.86. The molecule has 1 amide bonds. The number of hydrogen-bond acceptors (Lipinski definition) is 4. The van der Waals surface area contributed by atoms with Gasteiger partial charge in [-0.25, -0.2) is 9.97 Å². The third-order valence-electron chi connectivity index (χ3n) is 4.55. The zero-order valence-electron chi connectivity index (χ0n) is 16.1. The Morgan fingerprint density at radius 3 is 2.62 bits per heavy atom. The topological polar surface area (TPSA) is 71.3 Å². The predicted molar refractivity (Wildman–Crippen MR) is 116 cm³/mol. The highest BCUT2D eigenvalue weighted by molar-refractivity contribution is 6.30. The number of hydrogen-bond donors (Lipinski definition) is 2. The molecule has 146 valence electrons. The molecule has 0 atom stereocenters. The third-order valence-corrected chi connectivity index (χ3v) is 4.80. The van der Waals surface area contributed by atoms with Crippen molar-refractivity contribution >= 4 is 34.7 Å². The number of rotatable bonds is 5. The van der Waals surface area contributed by atoms with Crippen LogP contribution in [-0.2, 0) is 6.54 Å². The van der Waals surface area contributed by atoms with Crippen molar-refractivity contribution < 1.29 is 4.79 Å². The molecule has 7 heteroatoms. The van der Waals surface area contributed by atoms with Gasteiger partial charge in [-0.3, -0.25) is 9.20 Å². The normalized spacial score (nSPS) is 10.9. The maximum absolute atomic E-state index is 12.7. The van der Waals surface area contributed by atoms with Crippen LogP contribution in [0.4, 0.5) is 11.4 Å². The van der Waals surface area contributed by atoms with E-state index in [0.29, 0.717) is 28.6 Å². The molecular weight excluding hydrogens is 386 g/mol. The number of aryl methyl sites for hydroxylation is 2. The summed E-state index contributed by atoms with van der Waals surface area (Å²) in [5.74, 6) is 0.478. The van der Waals surface area contributed by atoms with Gasteiger partial charge >= 0.3 is 0 Å². The van der Waals surface area contributed by atoms with E-state index in [4.69, 9.17) is 11.6 Å². The summed E-state index contributed by atoms with van der Waals surface area (Å²) in [6.45, 7) is 4.46. The van der Waals surface area contributed by atoms with Crippen molar-refractivity contribution in [3.05, 3.63) is 88.5 Å². The summed E-state index contributed by atoms with van der Waals surface area (Å²) in [6.07, 6.45) is 1.96. The average molecular weight is 406 g/mol. The number of fused-ring (bicyclic) bond motifs is 1. The van der Waals surface area contributed by atoms with Crippen LogP contribution in [0.15, 0.2) is 60.8 Å². The van der Waals surface area contributed by atoms with Gasteiger partial charge in [-0.05, 0) is 56.3 Å². The van der Waals surface area contributed by atoms with E-state index in [-0.39, 0.29) is 5.91 Å². The Balaban J connectivity index is 1.52. The fraction of sp³-hybridized carbons (Fsp3) is 0.136. The number of aromatic nitrogens is 3. The van der Waals surface area contributed by atoms with E-state index >= 15 is 0 Å². The molecule has 0 saturated carbocycles. The molecule has 0 fully saturated rings. The van der Waals surface area contributed by atoms with Crippen LogP contribution in [0.5, 0.6) is 0 Å². The van der Waals surface area contributed by atoms with Crippen molar-refractivity contribution in [2.75, 3.05) is 10.6 Å². The molecule has 0 unspecified atom stereocenters. The first kappa shape index (κ1) is 19.0. The first-order chi connectivity index (χ1) is 14.0. The van der Waals surface area contributed by atoms with Gasteiger partial charge in [0.25, 0.3) is 5.91 Å². The average Bonchev–Trinajstić information content (AvgIpc) is 3.11. The van der Waals surface area contributed by atoms with Crippen LogP contribution in [0.25, 0.3) is 5.78 Å². The lowest BCUT2D eigenvalue weighted by atomic mass is 10.1. The van der Waals surface area contributed by atoms with Crippen LogP contribution < -0.4 is 10.6 Å². The lowest BCUT2D eigenvalue weighted by Crippen LogP contribution is -2.14. The van der Waals surface area contributed by atoms with Crippen molar-refractivity contribution in [3.63, 3.8) is 0 Å². The van der Waals surface area contributed by atoms with E-state index in [1.807, 2.05) is 48.7 Å². The van der Waals surface area contributed by atoms with Gasteiger partial charge in [0.1, 0.15) is 0 Å². The van der Waals surface area contributed by atoms with E-state index < -0.39 is 0 Å². The molecule has 29 heavy (non-hydrogen) atoms. The van der Waals surface area contributed by atoms with Gasteiger partial charge in [-0.1, -0.05) is 23.7 Å². The molecule has 0 radical (unpaired) electrons. The summed E-state index contributed by atoms with van der Waals surface area (Å²) in [4.78, 5) is 21.8. The molecule has 0 aliphatic heterocycles. The number of halogens is 1. The Hall–Kier alpha value is -3.38. The van der Waals surface area contributed by atoms with Crippen LogP contribution in [0.3, 0.4) is 0 Å². The van der Waals surface area contributed by atoms with Gasteiger partial charge in [0.2, 0.25) is 5.78 Å². The van der Waals surface area contributed by atoms with Crippen LogP contribution in [-0.4, -0.2) is 20.3 Å². The largest absolute Gasteiger partial charge is 0.379 e. The number of nitrogens with one attached hydrogen (secondary N) is 2. The van der Waals surface area contributed by atoms with Crippen LogP contribution in [0, 0.1) is 13.8 Å². The number of nitrogens with zero attached hydrogens (tertiary/aromatic N) is 3. The summed E-state index contributed by atoms with van der Waals surface area (Å²) in [6, 6.07) is 16.4. The van der Waals surface area contributed by atoms with Gasteiger partial charge in [-0.2, -0.15) is 0 Å². The maximum atomic E-state index is 12.7. The fourth-order valence-corrected chi connectivity index (χ4v) is 3.28. The van der Waals surface area contributed by atoms with E-state index in [9.17, 15) is 4.79 Å². The molecule has 2 aromatic carbocycles. The van der Waals surface area contributed by atoms with Gasteiger partial charge < -0.3 is 10.6 Å². The van der Waals surface area contributed by atoms with Crippen molar-refractivity contribution in [1.82, 2.24) is 14.4 Å². The van der Waals surface area contributed by atoms with E-state index in [0.717, 1.165) is 22.8 Å². The molecule has 0 aliphatic carbocycles. The molecule has 0 spiro atoms. The Bertz CT molecular complexity index is 1180. The zero-order valence-corrected chi connectivity index (χ0v) is 16.9. The highest BCUT2D eigenvalue weighted by Crippen LogP contribution is 2.20. The summed E-state index contributed by atoms with van der Waals surface area (Å²) >= 11 is 5.90. The summed E-state index contributed by atoms with van der Waals surface area (Å²) in [7, 11) is 0. The van der Waals surface area contributed by atoms with Crippen molar-refractivity contribution in [2.24, 2.45) is 0 Å². The van der Waals surface area contributed by atoms with Crippen molar-refractivity contribution in [2.45, 2.75) is 20.4 Å². The Morgan fingerprint density at radius 2 is 1.83 bits per heavy atom. The first-order valence-corrected chi connectivity index (χ1v) is 9.59. The quantitative estimate of drug-likeness (QED) is 0.497. The first-order valence-electron chi connectivity index (χ1n) is 9.21. The fourth-order valence-electron chi connectivity index (χ4n) is 3.16. The molecule has 2 aromatic heterocycles. The van der Waals surface area contributed by atoms with Gasteiger partial charge in [0.05, 0.1) is 17.8 Å². The number of para-hydroxylation sites is 1. The van der Waals surface area contributed by atoms with E-state index in [2.05, 4.69) is 20.6 Å². The molecule has 0 saturated heterocycles. The van der Waals surface area contributed by atoms with E-state index in [1.54, 1.807) is 30.3 Å². The van der Waals surface area contributed by atoms with Crippen LogP contribution in [0.2, 0.25) is 5.02 Å². The standard InChI is InChI=1S/C22H20ClN5O/c1-14-11-15(2)28-13-18(27-22(28)25-14)12-24-20-6-4-3-5-19(20)21(29)26-17-9-7-16(23)8-10-17/h3-11,13,24H,12H2,1-2H3,(H,26,29). The minimum Gasteiger partial charge on any atom is -0.379 e. The second-order valence-corrected chi connectivity index (χ2v) is 7.24. The highest BCUT2D eigenvalue weighted by Gasteiger charge is 2.12. The second-order valence-electron chi connectivity index (χ2n) is 6.80.